The van der Waals surface area contributed by atoms with Crippen LogP contribution in [0.1, 0.15) is 31.0 Å². The molecule has 6 heteroatoms. The summed E-state index contributed by atoms with van der Waals surface area (Å²) in [6, 6.07) is 0. The quantitative estimate of drug-likeness (QED) is 0.826. The second-order valence-electron chi connectivity index (χ2n) is 5.00. The van der Waals surface area contributed by atoms with Crippen molar-refractivity contribution in [3.05, 3.63) is 11.7 Å². The molecule has 19 heavy (non-hydrogen) atoms. The van der Waals surface area contributed by atoms with Crippen molar-refractivity contribution in [2.75, 3.05) is 25.1 Å². The van der Waals surface area contributed by atoms with E-state index < -0.39 is 0 Å². The number of likely N-dealkylation sites (tertiary alicyclic amines) is 1. The van der Waals surface area contributed by atoms with E-state index in [1.165, 1.54) is 0 Å². The SMILES string of the molecule is CSCCC(=O)N1CCC(Cc2noc(C)n2)CC1. The first-order valence-corrected chi connectivity index (χ1v) is 8.14. The van der Waals surface area contributed by atoms with Gasteiger partial charge in [-0.05, 0) is 25.0 Å². The summed E-state index contributed by atoms with van der Waals surface area (Å²) in [5.41, 5.74) is 0. The average Bonchev–Trinajstić information content (AvgIpc) is 2.82. The monoisotopic (exact) mass is 283 g/mol. The molecule has 5 nitrogen and oxygen atoms in total. The van der Waals surface area contributed by atoms with Crippen molar-refractivity contribution >= 4 is 17.7 Å². The number of nitrogens with zero attached hydrogens (tertiary/aromatic N) is 3. The Balaban J connectivity index is 1.74. The highest BCUT2D eigenvalue weighted by Gasteiger charge is 2.23. The van der Waals surface area contributed by atoms with Crippen molar-refractivity contribution in [3.8, 4) is 0 Å². The molecule has 0 radical (unpaired) electrons. The maximum Gasteiger partial charge on any atom is 0.223 e. The normalized spacial score (nSPS) is 16.8. The molecule has 1 aromatic heterocycles. The van der Waals surface area contributed by atoms with Crippen LogP contribution in [-0.2, 0) is 11.2 Å². The molecule has 1 aliphatic heterocycles. The summed E-state index contributed by atoms with van der Waals surface area (Å²) in [5, 5.41) is 3.94. The van der Waals surface area contributed by atoms with Gasteiger partial charge in [-0.1, -0.05) is 5.16 Å². The third-order valence-electron chi connectivity index (χ3n) is 3.53. The summed E-state index contributed by atoms with van der Waals surface area (Å²) >= 11 is 1.72. The molecule has 0 aromatic carbocycles. The molecule has 106 valence electrons. The van der Waals surface area contributed by atoms with E-state index in [9.17, 15) is 4.79 Å². The van der Waals surface area contributed by atoms with Crippen molar-refractivity contribution in [1.29, 1.82) is 0 Å². The van der Waals surface area contributed by atoms with E-state index in [-0.39, 0.29) is 0 Å². The lowest BCUT2D eigenvalue weighted by molar-refractivity contribution is -0.132. The topological polar surface area (TPSA) is 59.2 Å². The van der Waals surface area contributed by atoms with Crippen LogP contribution in [0.5, 0.6) is 0 Å². The van der Waals surface area contributed by atoms with Gasteiger partial charge in [-0.15, -0.1) is 0 Å². The first-order valence-electron chi connectivity index (χ1n) is 6.75. The van der Waals surface area contributed by atoms with Crippen LogP contribution in [0.3, 0.4) is 0 Å². The predicted octanol–water partition coefficient (Wildman–Crippen LogP) is 1.91. The number of aromatic nitrogens is 2. The Morgan fingerprint density at radius 2 is 2.21 bits per heavy atom. The van der Waals surface area contributed by atoms with Gasteiger partial charge in [-0.3, -0.25) is 4.79 Å². The summed E-state index contributed by atoms with van der Waals surface area (Å²) in [4.78, 5) is 18.1. The average molecular weight is 283 g/mol. The molecule has 0 aliphatic carbocycles. The number of hydrogen-bond donors (Lipinski definition) is 0. The van der Waals surface area contributed by atoms with Gasteiger partial charge in [0, 0.05) is 38.6 Å². The molecule has 1 amide bonds. The number of hydrogen-bond acceptors (Lipinski definition) is 5. The van der Waals surface area contributed by atoms with Crippen molar-refractivity contribution in [2.24, 2.45) is 5.92 Å². The molecule has 0 N–H and O–H groups in total. The molecular weight excluding hydrogens is 262 g/mol. The molecule has 0 bridgehead atoms. The second kappa shape index (κ2) is 6.93. The van der Waals surface area contributed by atoms with Crippen molar-refractivity contribution in [2.45, 2.75) is 32.6 Å². The number of carbonyl (C=O) groups is 1. The third kappa shape index (κ3) is 4.23. The number of thioether (sulfide) groups is 1. The zero-order valence-electron chi connectivity index (χ0n) is 11.6. The van der Waals surface area contributed by atoms with Gasteiger partial charge in [0.1, 0.15) is 0 Å². The van der Waals surface area contributed by atoms with Crippen molar-refractivity contribution in [3.63, 3.8) is 0 Å². The molecule has 0 spiro atoms. The largest absolute Gasteiger partial charge is 0.343 e. The van der Waals surface area contributed by atoms with Crippen LogP contribution in [0, 0.1) is 12.8 Å². The molecule has 1 saturated heterocycles. The molecule has 2 rings (SSSR count). The summed E-state index contributed by atoms with van der Waals surface area (Å²) in [5.74, 6) is 3.20. The lowest BCUT2D eigenvalue weighted by Crippen LogP contribution is -2.39. The molecule has 0 unspecified atom stereocenters. The zero-order valence-corrected chi connectivity index (χ0v) is 12.4. The third-order valence-corrected chi connectivity index (χ3v) is 4.14. The van der Waals surface area contributed by atoms with Gasteiger partial charge in [0.05, 0.1) is 0 Å². The maximum atomic E-state index is 11.9. The van der Waals surface area contributed by atoms with Gasteiger partial charge in [-0.25, -0.2) is 0 Å². The first-order chi connectivity index (χ1) is 9.19. The maximum absolute atomic E-state index is 11.9. The van der Waals surface area contributed by atoms with E-state index in [0.29, 0.717) is 24.1 Å². The highest BCUT2D eigenvalue weighted by atomic mass is 32.2. The highest BCUT2D eigenvalue weighted by Crippen LogP contribution is 2.21. The lowest BCUT2D eigenvalue weighted by atomic mass is 9.93. The smallest absolute Gasteiger partial charge is 0.223 e. The van der Waals surface area contributed by atoms with E-state index in [1.807, 2.05) is 18.1 Å². The Bertz CT molecular complexity index is 414. The number of aryl methyl sites for hydroxylation is 1. The number of amides is 1. The molecule has 1 aromatic rings. The van der Waals surface area contributed by atoms with E-state index in [1.54, 1.807) is 11.8 Å². The Kier molecular flexibility index (Phi) is 5.24. The Hall–Kier alpha value is -1.04. The number of rotatable bonds is 5. The number of piperidine rings is 1. The van der Waals surface area contributed by atoms with E-state index in [4.69, 9.17) is 4.52 Å². The van der Waals surface area contributed by atoms with Crippen LogP contribution >= 0.6 is 11.8 Å². The van der Waals surface area contributed by atoms with Gasteiger partial charge in [0.25, 0.3) is 0 Å². The van der Waals surface area contributed by atoms with Crippen LogP contribution in [-0.4, -0.2) is 46.0 Å². The minimum atomic E-state index is 0.295. The van der Waals surface area contributed by atoms with Gasteiger partial charge in [0.2, 0.25) is 11.8 Å². The Morgan fingerprint density at radius 1 is 1.47 bits per heavy atom. The fraction of sp³-hybridized carbons (Fsp3) is 0.769. The highest BCUT2D eigenvalue weighted by molar-refractivity contribution is 7.98. The fourth-order valence-electron chi connectivity index (χ4n) is 2.42. The van der Waals surface area contributed by atoms with Crippen LogP contribution < -0.4 is 0 Å². The van der Waals surface area contributed by atoms with E-state index >= 15 is 0 Å². The van der Waals surface area contributed by atoms with Crippen LogP contribution in [0.25, 0.3) is 0 Å². The van der Waals surface area contributed by atoms with Gasteiger partial charge >= 0.3 is 0 Å². The summed E-state index contributed by atoms with van der Waals surface area (Å²) < 4.78 is 4.98. The van der Waals surface area contributed by atoms with Crippen molar-refractivity contribution < 1.29 is 9.32 Å². The molecule has 0 atom stereocenters. The molecule has 0 saturated carbocycles. The zero-order chi connectivity index (χ0) is 13.7. The first kappa shape index (κ1) is 14.4. The Morgan fingerprint density at radius 3 is 2.79 bits per heavy atom. The molecular formula is C13H21N3O2S. The summed E-state index contributed by atoms with van der Waals surface area (Å²) in [7, 11) is 0. The lowest BCUT2D eigenvalue weighted by Gasteiger charge is -2.31. The number of carbonyl (C=O) groups excluding carboxylic acids is 1. The van der Waals surface area contributed by atoms with Crippen LogP contribution in [0.15, 0.2) is 4.52 Å². The van der Waals surface area contributed by atoms with E-state index in [0.717, 1.165) is 43.9 Å². The minimum absolute atomic E-state index is 0.295. The fourth-order valence-corrected chi connectivity index (χ4v) is 2.80. The Labute approximate surface area is 118 Å². The van der Waals surface area contributed by atoms with Gasteiger partial charge in [0.15, 0.2) is 5.82 Å². The molecule has 1 fully saturated rings. The summed E-state index contributed by atoms with van der Waals surface area (Å²) in [6.45, 7) is 3.55. The predicted molar refractivity (Wildman–Crippen MR) is 75.0 cm³/mol. The summed E-state index contributed by atoms with van der Waals surface area (Å²) in [6.07, 6.45) is 5.64. The van der Waals surface area contributed by atoms with E-state index in [2.05, 4.69) is 10.1 Å². The minimum Gasteiger partial charge on any atom is -0.343 e. The van der Waals surface area contributed by atoms with Gasteiger partial charge < -0.3 is 9.42 Å². The van der Waals surface area contributed by atoms with Gasteiger partial charge in [-0.2, -0.15) is 16.7 Å². The molecule has 1 aliphatic rings. The standard InChI is InChI=1S/C13H21N3O2S/c1-10-14-12(15-18-10)9-11-3-6-16(7-4-11)13(17)5-8-19-2/h11H,3-9H2,1-2H3. The van der Waals surface area contributed by atoms with Crippen molar-refractivity contribution in [1.82, 2.24) is 15.0 Å². The van der Waals surface area contributed by atoms with Crippen LogP contribution in [0.4, 0.5) is 0 Å². The molecule has 2 heterocycles. The van der Waals surface area contributed by atoms with Crippen LogP contribution in [0.2, 0.25) is 0 Å². The second-order valence-corrected chi connectivity index (χ2v) is 5.99.